The molecule has 0 saturated heterocycles. The van der Waals surface area contributed by atoms with Gasteiger partial charge in [0.15, 0.2) is 0 Å². The van der Waals surface area contributed by atoms with Crippen molar-refractivity contribution < 1.29 is 9.21 Å². The molecule has 0 atom stereocenters. The molecular weight excluding hydrogens is 334 g/mol. The monoisotopic (exact) mass is 353 g/mol. The summed E-state index contributed by atoms with van der Waals surface area (Å²) in [7, 11) is 0. The predicted octanol–water partition coefficient (Wildman–Crippen LogP) is 1.57. The van der Waals surface area contributed by atoms with Crippen molar-refractivity contribution in [2.75, 3.05) is 0 Å². The molecule has 0 fully saturated rings. The van der Waals surface area contributed by atoms with Crippen LogP contribution in [0.1, 0.15) is 11.5 Å². The second-order valence-corrected chi connectivity index (χ2v) is 5.87. The van der Waals surface area contributed by atoms with E-state index in [-0.39, 0.29) is 25.5 Å². The lowest BCUT2D eigenvalue weighted by Gasteiger charge is -2.13. The number of rotatable bonds is 6. The predicted molar refractivity (Wildman–Crippen MR) is 98.0 cm³/mol. The van der Waals surface area contributed by atoms with Crippen molar-refractivity contribution in [2.24, 2.45) is 0 Å². The number of nitrogens with zero attached hydrogens (tertiary/aromatic N) is 2. The number of hydrogen-bond donors (Lipinski definition) is 1. The van der Waals surface area contributed by atoms with E-state index in [4.69, 9.17) is 4.42 Å². The number of aromatic nitrogens is 2. The van der Waals surface area contributed by atoms with E-state index < -0.39 is 11.1 Å². The van der Waals surface area contributed by atoms with Gasteiger partial charge in [-0.05, 0) is 31.2 Å². The van der Waals surface area contributed by atoms with Gasteiger partial charge in [-0.3, -0.25) is 23.5 Å². The van der Waals surface area contributed by atoms with E-state index >= 15 is 0 Å². The fourth-order valence-corrected chi connectivity index (χ4v) is 2.80. The summed E-state index contributed by atoms with van der Waals surface area (Å²) in [5.74, 6) is 0.990. The SMILES string of the molecule is C=CCn1c(=O)c(=O)n(CC(=O)NCc2ccc(C)o2)c2ccccc21. The third-order valence-electron chi connectivity index (χ3n) is 4.01. The Kier molecular flexibility index (Phi) is 4.88. The van der Waals surface area contributed by atoms with Crippen LogP contribution in [0, 0.1) is 6.92 Å². The van der Waals surface area contributed by atoms with Gasteiger partial charge in [-0.15, -0.1) is 6.58 Å². The minimum absolute atomic E-state index is 0.215. The quantitative estimate of drug-likeness (QED) is 0.538. The lowest BCUT2D eigenvalue weighted by atomic mass is 10.2. The van der Waals surface area contributed by atoms with Crippen LogP contribution in [0.5, 0.6) is 0 Å². The molecular formula is C19H19N3O4. The molecule has 3 rings (SSSR count). The van der Waals surface area contributed by atoms with Gasteiger partial charge in [0.2, 0.25) is 5.91 Å². The number of amides is 1. The van der Waals surface area contributed by atoms with Gasteiger partial charge in [-0.2, -0.15) is 0 Å². The average molecular weight is 353 g/mol. The number of aryl methyl sites for hydroxylation is 1. The van der Waals surface area contributed by atoms with Crippen molar-refractivity contribution >= 4 is 16.9 Å². The number of benzene rings is 1. The standard InChI is InChI=1S/C19H19N3O4/c1-3-10-21-15-6-4-5-7-16(15)22(19(25)18(21)24)12-17(23)20-11-14-9-8-13(2)26-14/h3-9H,1,10-12H2,2H3,(H,20,23). The maximum Gasteiger partial charge on any atom is 0.317 e. The summed E-state index contributed by atoms with van der Waals surface area (Å²) < 4.78 is 7.94. The molecule has 26 heavy (non-hydrogen) atoms. The summed E-state index contributed by atoms with van der Waals surface area (Å²) in [6.45, 7) is 5.62. The van der Waals surface area contributed by atoms with Crippen LogP contribution in [0.4, 0.5) is 0 Å². The third-order valence-corrected chi connectivity index (χ3v) is 4.01. The van der Waals surface area contributed by atoms with Crippen molar-refractivity contribution in [3.8, 4) is 0 Å². The zero-order chi connectivity index (χ0) is 18.7. The van der Waals surface area contributed by atoms with Gasteiger partial charge in [-0.1, -0.05) is 18.2 Å². The Labute approximate surface area is 149 Å². The van der Waals surface area contributed by atoms with Gasteiger partial charge in [0, 0.05) is 6.54 Å². The van der Waals surface area contributed by atoms with Gasteiger partial charge in [0.1, 0.15) is 18.1 Å². The highest BCUT2D eigenvalue weighted by Crippen LogP contribution is 2.10. The van der Waals surface area contributed by atoms with Gasteiger partial charge in [0.05, 0.1) is 17.6 Å². The summed E-state index contributed by atoms with van der Waals surface area (Å²) in [6.07, 6.45) is 1.55. The number of fused-ring (bicyclic) bond motifs is 1. The Hall–Kier alpha value is -3.35. The van der Waals surface area contributed by atoms with Gasteiger partial charge < -0.3 is 9.73 Å². The molecule has 1 amide bonds. The van der Waals surface area contributed by atoms with E-state index in [1.807, 2.05) is 6.92 Å². The molecule has 0 bridgehead atoms. The number of nitrogens with one attached hydrogen (secondary N) is 1. The summed E-state index contributed by atoms with van der Waals surface area (Å²) >= 11 is 0. The van der Waals surface area contributed by atoms with Crippen molar-refractivity contribution in [1.29, 1.82) is 0 Å². The molecule has 1 N–H and O–H groups in total. The number of hydrogen-bond acceptors (Lipinski definition) is 4. The molecule has 0 radical (unpaired) electrons. The highest BCUT2D eigenvalue weighted by atomic mass is 16.3. The first-order chi connectivity index (χ1) is 12.5. The van der Waals surface area contributed by atoms with Crippen LogP contribution in [0.2, 0.25) is 0 Å². The molecule has 134 valence electrons. The van der Waals surface area contributed by atoms with Crippen LogP contribution in [0.25, 0.3) is 11.0 Å². The second-order valence-electron chi connectivity index (χ2n) is 5.87. The van der Waals surface area contributed by atoms with E-state index in [9.17, 15) is 14.4 Å². The maximum absolute atomic E-state index is 12.5. The van der Waals surface area contributed by atoms with Crippen LogP contribution in [-0.4, -0.2) is 15.0 Å². The smallest absolute Gasteiger partial charge is 0.317 e. The van der Waals surface area contributed by atoms with Crippen LogP contribution < -0.4 is 16.4 Å². The van der Waals surface area contributed by atoms with E-state index in [1.54, 1.807) is 42.5 Å². The zero-order valence-corrected chi connectivity index (χ0v) is 14.4. The number of carbonyl (C=O) groups is 1. The Bertz CT molecular complexity index is 1090. The zero-order valence-electron chi connectivity index (χ0n) is 14.4. The molecule has 0 spiro atoms. The molecule has 1 aromatic carbocycles. The van der Waals surface area contributed by atoms with Crippen molar-refractivity contribution in [1.82, 2.24) is 14.5 Å². The molecule has 7 nitrogen and oxygen atoms in total. The Morgan fingerprint density at radius 3 is 2.38 bits per heavy atom. The van der Waals surface area contributed by atoms with Crippen LogP contribution >= 0.6 is 0 Å². The number of carbonyl (C=O) groups excluding carboxylic acids is 1. The Morgan fingerprint density at radius 2 is 1.77 bits per heavy atom. The van der Waals surface area contributed by atoms with Gasteiger partial charge in [0.25, 0.3) is 0 Å². The molecule has 0 unspecified atom stereocenters. The Morgan fingerprint density at radius 1 is 1.12 bits per heavy atom. The number of furan rings is 1. The first-order valence-corrected chi connectivity index (χ1v) is 8.16. The first-order valence-electron chi connectivity index (χ1n) is 8.16. The Balaban J connectivity index is 1.92. The number of para-hydroxylation sites is 2. The van der Waals surface area contributed by atoms with Crippen molar-refractivity contribution in [3.63, 3.8) is 0 Å². The molecule has 0 aliphatic rings. The fraction of sp³-hybridized carbons (Fsp3) is 0.211. The molecule has 0 saturated carbocycles. The van der Waals surface area contributed by atoms with E-state index in [1.165, 1.54) is 9.13 Å². The minimum Gasteiger partial charge on any atom is -0.465 e. The fourth-order valence-electron chi connectivity index (χ4n) is 2.80. The summed E-state index contributed by atoms with van der Waals surface area (Å²) in [5, 5.41) is 2.69. The largest absolute Gasteiger partial charge is 0.465 e. The third kappa shape index (κ3) is 3.37. The molecule has 2 aromatic heterocycles. The maximum atomic E-state index is 12.5. The second kappa shape index (κ2) is 7.26. The molecule has 7 heteroatoms. The van der Waals surface area contributed by atoms with Crippen molar-refractivity contribution in [3.05, 3.63) is 81.3 Å². The normalized spacial score (nSPS) is 10.8. The molecule has 2 heterocycles. The van der Waals surface area contributed by atoms with Gasteiger partial charge in [-0.25, -0.2) is 0 Å². The van der Waals surface area contributed by atoms with Gasteiger partial charge >= 0.3 is 11.1 Å². The molecule has 3 aromatic rings. The number of allylic oxidation sites excluding steroid dienone is 1. The molecule has 0 aliphatic heterocycles. The topological polar surface area (TPSA) is 86.2 Å². The highest BCUT2D eigenvalue weighted by molar-refractivity contribution is 5.80. The lowest BCUT2D eigenvalue weighted by Crippen LogP contribution is -2.43. The summed E-state index contributed by atoms with van der Waals surface area (Å²) in [6, 6.07) is 10.5. The summed E-state index contributed by atoms with van der Waals surface area (Å²) in [5.41, 5.74) is -0.331. The highest BCUT2D eigenvalue weighted by Gasteiger charge is 2.14. The van der Waals surface area contributed by atoms with E-state index in [0.29, 0.717) is 16.8 Å². The van der Waals surface area contributed by atoms with Crippen LogP contribution in [-0.2, 0) is 24.4 Å². The lowest BCUT2D eigenvalue weighted by molar-refractivity contribution is -0.121. The minimum atomic E-state index is -0.741. The molecule has 0 aliphatic carbocycles. The average Bonchev–Trinajstić information content (AvgIpc) is 3.06. The first kappa shape index (κ1) is 17.5. The van der Waals surface area contributed by atoms with Crippen LogP contribution in [0.15, 0.2) is 63.1 Å². The van der Waals surface area contributed by atoms with E-state index in [0.717, 1.165) is 5.76 Å². The summed E-state index contributed by atoms with van der Waals surface area (Å²) in [4.78, 5) is 37.2. The van der Waals surface area contributed by atoms with Crippen LogP contribution in [0.3, 0.4) is 0 Å². The van der Waals surface area contributed by atoms with Crippen molar-refractivity contribution in [2.45, 2.75) is 26.6 Å². The van der Waals surface area contributed by atoms with E-state index in [2.05, 4.69) is 11.9 Å².